The van der Waals surface area contributed by atoms with E-state index in [0.717, 1.165) is 5.69 Å². The van der Waals surface area contributed by atoms with Crippen LogP contribution in [0.1, 0.15) is 18.7 Å². The fourth-order valence-electron chi connectivity index (χ4n) is 2.47. The van der Waals surface area contributed by atoms with Gasteiger partial charge in [-0.15, -0.1) is 0 Å². The van der Waals surface area contributed by atoms with Crippen LogP contribution in [0.4, 0.5) is 0 Å². The molecule has 0 aromatic carbocycles. The first-order valence-corrected chi connectivity index (χ1v) is 6.02. The molecule has 1 N–H and O–H groups in total. The van der Waals surface area contributed by atoms with Crippen molar-refractivity contribution >= 4 is 5.97 Å². The van der Waals surface area contributed by atoms with Gasteiger partial charge < -0.3 is 9.84 Å². The fraction of sp³-hybridized carbons (Fsp3) is 0.667. The number of carboxylic acid groups (broad SMARTS) is 1. The molecule has 3 atom stereocenters. The minimum atomic E-state index is -0.790. The van der Waals surface area contributed by atoms with E-state index in [0.29, 0.717) is 13.2 Å². The van der Waals surface area contributed by atoms with E-state index in [1.54, 1.807) is 6.20 Å². The number of aryl methyl sites for hydroxylation is 1. The van der Waals surface area contributed by atoms with Crippen LogP contribution < -0.4 is 0 Å². The highest BCUT2D eigenvalue weighted by Crippen LogP contribution is 2.27. The van der Waals surface area contributed by atoms with Crippen LogP contribution in [0, 0.1) is 5.92 Å². The van der Waals surface area contributed by atoms with Crippen molar-refractivity contribution in [3.63, 3.8) is 0 Å². The third-order valence-corrected chi connectivity index (χ3v) is 3.79. The highest BCUT2D eigenvalue weighted by Gasteiger charge is 2.38. The van der Waals surface area contributed by atoms with Crippen molar-refractivity contribution in [1.82, 2.24) is 14.7 Å². The Kier molecular flexibility index (Phi) is 3.68. The number of rotatable bonds is 4. The first-order valence-electron chi connectivity index (χ1n) is 6.02. The minimum Gasteiger partial charge on any atom is -0.481 e. The summed E-state index contributed by atoms with van der Waals surface area (Å²) in [5, 5.41) is 13.3. The monoisotopic (exact) mass is 253 g/mol. The van der Waals surface area contributed by atoms with Crippen molar-refractivity contribution in [2.45, 2.75) is 19.0 Å². The van der Waals surface area contributed by atoms with Gasteiger partial charge in [-0.05, 0) is 20.0 Å². The first-order chi connectivity index (χ1) is 8.52. The van der Waals surface area contributed by atoms with Gasteiger partial charge in [-0.2, -0.15) is 5.10 Å². The minimum absolute atomic E-state index is 0.0904. The summed E-state index contributed by atoms with van der Waals surface area (Å²) in [5.41, 5.74) is 1.06. The fourth-order valence-corrected chi connectivity index (χ4v) is 2.47. The van der Waals surface area contributed by atoms with Gasteiger partial charge in [-0.1, -0.05) is 0 Å². The van der Waals surface area contributed by atoms with E-state index in [2.05, 4.69) is 10.00 Å². The van der Waals surface area contributed by atoms with E-state index < -0.39 is 11.9 Å². The third kappa shape index (κ3) is 2.26. The van der Waals surface area contributed by atoms with E-state index in [1.165, 1.54) is 0 Å². The molecule has 1 aromatic heterocycles. The van der Waals surface area contributed by atoms with E-state index in [-0.39, 0.29) is 12.1 Å². The molecule has 0 bridgehead atoms. The lowest BCUT2D eigenvalue weighted by molar-refractivity contribution is -0.143. The maximum absolute atomic E-state index is 11.2. The molecule has 0 amide bonds. The molecule has 6 nitrogen and oxygen atoms in total. The van der Waals surface area contributed by atoms with Gasteiger partial charge in [0.15, 0.2) is 0 Å². The lowest BCUT2D eigenvalue weighted by Crippen LogP contribution is -2.42. The summed E-state index contributed by atoms with van der Waals surface area (Å²) < 4.78 is 7.12. The summed E-state index contributed by atoms with van der Waals surface area (Å²) in [5.74, 6) is -1.24. The Hall–Kier alpha value is -1.40. The topological polar surface area (TPSA) is 67.6 Å². The Balaban J connectivity index is 2.13. The molecule has 1 aromatic rings. The van der Waals surface area contributed by atoms with Crippen LogP contribution in [-0.2, 0) is 16.6 Å². The van der Waals surface area contributed by atoms with Crippen molar-refractivity contribution < 1.29 is 14.6 Å². The number of carbonyl (C=O) groups is 1. The molecule has 0 spiro atoms. The van der Waals surface area contributed by atoms with Crippen LogP contribution >= 0.6 is 0 Å². The molecule has 3 unspecified atom stereocenters. The van der Waals surface area contributed by atoms with E-state index in [1.807, 2.05) is 31.8 Å². The predicted molar refractivity (Wildman–Crippen MR) is 65.1 cm³/mol. The zero-order chi connectivity index (χ0) is 13.3. The quantitative estimate of drug-likeness (QED) is 0.847. The number of hydrogen-bond acceptors (Lipinski definition) is 4. The van der Waals surface area contributed by atoms with Gasteiger partial charge in [0.1, 0.15) is 0 Å². The van der Waals surface area contributed by atoms with Crippen LogP contribution in [0.25, 0.3) is 0 Å². The molecule has 1 aliphatic rings. The van der Waals surface area contributed by atoms with Crippen LogP contribution in [0.3, 0.4) is 0 Å². The van der Waals surface area contributed by atoms with Gasteiger partial charge in [0.05, 0.1) is 24.8 Å². The zero-order valence-corrected chi connectivity index (χ0v) is 10.9. The smallest absolute Gasteiger partial charge is 0.310 e. The van der Waals surface area contributed by atoms with Crippen molar-refractivity contribution in [1.29, 1.82) is 0 Å². The van der Waals surface area contributed by atoms with Crippen molar-refractivity contribution in [3.8, 4) is 0 Å². The Bertz CT molecular complexity index is 432. The van der Waals surface area contributed by atoms with Gasteiger partial charge in [0.25, 0.3) is 0 Å². The van der Waals surface area contributed by atoms with E-state index >= 15 is 0 Å². The highest BCUT2D eigenvalue weighted by atomic mass is 16.5. The third-order valence-electron chi connectivity index (χ3n) is 3.79. The summed E-state index contributed by atoms with van der Waals surface area (Å²) in [6.45, 7) is 2.81. The largest absolute Gasteiger partial charge is 0.481 e. The van der Waals surface area contributed by atoms with Gasteiger partial charge in [-0.25, -0.2) is 0 Å². The summed E-state index contributed by atoms with van der Waals surface area (Å²) >= 11 is 0. The second kappa shape index (κ2) is 5.07. The first kappa shape index (κ1) is 13.0. The maximum atomic E-state index is 11.2. The number of aliphatic carboxylic acids is 1. The average Bonchev–Trinajstić information content (AvgIpc) is 2.95. The molecule has 6 heteroatoms. The molecule has 1 fully saturated rings. The molecular weight excluding hydrogens is 234 g/mol. The number of carboxylic acids is 1. The summed E-state index contributed by atoms with van der Waals surface area (Å²) in [6.07, 6.45) is 1.75. The number of nitrogens with zero attached hydrogens (tertiary/aromatic N) is 3. The Morgan fingerprint density at radius 2 is 2.39 bits per heavy atom. The molecule has 0 saturated carbocycles. The Labute approximate surface area is 106 Å². The van der Waals surface area contributed by atoms with Gasteiger partial charge >= 0.3 is 5.97 Å². The van der Waals surface area contributed by atoms with Crippen molar-refractivity contribution in [2.75, 3.05) is 20.3 Å². The number of hydrogen-bond donors (Lipinski definition) is 1. The van der Waals surface area contributed by atoms with E-state index in [4.69, 9.17) is 4.74 Å². The lowest BCUT2D eigenvalue weighted by Gasteiger charge is -2.31. The SMILES string of the molecule is CC(c1ccnn1C)N(C)C1COCC1C(=O)O. The number of likely N-dealkylation sites (N-methyl/N-ethyl adjacent to an activating group) is 1. The molecule has 2 rings (SSSR count). The predicted octanol–water partition coefficient (Wildman–Crippen LogP) is 0.512. The normalized spacial score (nSPS) is 25.6. The van der Waals surface area contributed by atoms with Crippen LogP contribution in [-0.4, -0.2) is 52.1 Å². The summed E-state index contributed by atoms with van der Waals surface area (Å²) in [4.78, 5) is 13.2. The molecule has 18 heavy (non-hydrogen) atoms. The van der Waals surface area contributed by atoms with Crippen molar-refractivity contribution in [2.24, 2.45) is 13.0 Å². The molecule has 2 heterocycles. The van der Waals surface area contributed by atoms with Gasteiger partial charge in [0, 0.05) is 25.3 Å². The average molecular weight is 253 g/mol. The second-order valence-electron chi connectivity index (χ2n) is 4.77. The molecular formula is C12H19N3O3. The lowest BCUT2D eigenvalue weighted by atomic mass is 10.0. The number of aromatic nitrogens is 2. The molecule has 100 valence electrons. The van der Waals surface area contributed by atoms with Gasteiger partial charge in [0.2, 0.25) is 0 Å². The van der Waals surface area contributed by atoms with E-state index in [9.17, 15) is 9.90 Å². The maximum Gasteiger partial charge on any atom is 0.310 e. The van der Waals surface area contributed by atoms with Crippen LogP contribution in [0.5, 0.6) is 0 Å². The summed E-state index contributed by atoms with van der Waals surface area (Å²) in [6, 6.07) is 1.96. The second-order valence-corrected chi connectivity index (χ2v) is 4.77. The van der Waals surface area contributed by atoms with Crippen LogP contribution in [0.2, 0.25) is 0 Å². The summed E-state index contributed by atoms with van der Waals surface area (Å²) in [7, 11) is 3.83. The molecule has 1 saturated heterocycles. The van der Waals surface area contributed by atoms with Crippen LogP contribution in [0.15, 0.2) is 12.3 Å². The molecule has 0 aliphatic carbocycles. The molecule has 1 aliphatic heterocycles. The van der Waals surface area contributed by atoms with Gasteiger partial charge in [-0.3, -0.25) is 14.4 Å². The zero-order valence-electron chi connectivity index (χ0n) is 10.9. The standard InChI is InChI=1S/C12H19N3O3/c1-8(10-4-5-13-15(10)3)14(2)11-7-18-6-9(11)12(16)17/h4-5,8-9,11H,6-7H2,1-3H3,(H,16,17). The Morgan fingerprint density at radius 1 is 1.67 bits per heavy atom. The Morgan fingerprint density at radius 3 is 2.94 bits per heavy atom. The molecule has 0 radical (unpaired) electrons. The number of ether oxygens (including phenoxy) is 1. The van der Waals surface area contributed by atoms with Crippen molar-refractivity contribution in [3.05, 3.63) is 18.0 Å². The highest BCUT2D eigenvalue weighted by molar-refractivity contribution is 5.71.